The van der Waals surface area contributed by atoms with E-state index in [0.717, 1.165) is 48.5 Å². The second kappa shape index (κ2) is 6.14. The third kappa shape index (κ3) is 2.96. The predicted octanol–water partition coefficient (Wildman–Crippen LogP) is 3.60. The predicted molar refractivity (Wildman–Crippen MR) is 93.7 cm³/mol. The van der Waals surface area contributed by atoms with Crippen molar-refractivity contribution in [2.24, 2.45) is 0 Å². The molecule has 0 saturated carbocycles. The van der Waals surface area contributed by atoms with E-state index in [9.17, 15) is 0 Å². The minimum atomic E-state index is 0.426. The molecule has 0 unspecified atom stereocenters. The van der Waals surface area contributed by atoms with E-state index < -0.39 is 0 Å². The molecule has 3 aromatic heterocycles. The molecular weight excluding hydrogens is 326 g/mol. The van der Waals surface area contributed by atoms with Crippen molar-refractivity contribution >= 4 is 22.7 Å². The number of rotatable bonds is 4. The molecule has 0 fully saturated rings. The molecule has 0 amide bonds. The molecule has 1 aliphatic rings. The summed E-state index contributed by atoms with van der Waals surface area (Å²) in [5.74, 6) is 2.61. The number of hydrogen-bond donors (Lipinski definition) is 0. The van der Waals surface area contributed by atoms with Crippen molar-refractivity contribution in [1.29, 1.82) is 0 Å². The Morgan fingerprint density at radius 2 is 2.13 bits per heavy atom. The molecule has 3 aromatic rings. The summed E-state index contributed by atoms with van der Waals surface area (Å²) in [6.45, 7) is 8.07. The first kappa shape index (κ1) is 15.0. The summed E-state index contributed by atoms with van der Waals surface area (Å²) in [4.78, 5) is 8.44. The lowest BCUT2D eigenvalue weighted by Gasteiger charge is -2.27. The van der Waals surface area contributed by atoms with Crippen molar-refractivity contribution < 1.29 is 0 Å². The van der Waals surface area contributed by atoms with Crippen LogP contribution in [-0.4, -0.2) is 31.2 Å². The topological polar surface area (TPSA) is 46.8 Å². The molecule has 23 heavy (non-hydrogen) atoms. The van der Waals surface area contributed by atoms with Gasteiger partial charge in [-0.3, -0.25) is 4.90 Å². The van der Waals surface area contributed by atoms with Gasteiger partial charge in [0.15, 0.2) is 0 Å². The Morgan fingerprint density at radius 1 is 1.22 bits per heavy atom. The zero-order valence-corrected chi connectivity index (χ0v) is 14.9. The van der Waals surface area contributed by atoms with Gasteiger partial charge in [-0.15, -0.1) is 32.9 Å². The van der Waals surface area contributed by atoms with Gasteiger partial charge in [-0.05, 0) is 11.4 Å². The summed E-state index contributed by atoms with van der Waals surface area (Å²) < 4.78 is 2.28. The highest BCUT2D eigenvalue weighted by molar-refractivity contribution is 7.20. The van der Waals surface area contributed by atoms with Gasteiger partial charge in [-0.1, -0.05) is 19.9 Å². The van der Waals surface area contributed by atoms with Gasteiger partial charge in [-0.25, -0.2) is 4.98 Å². The van der Waals surface area contributed by atoms with E-state index in [1.54, 1.807) is 22.7 Å². The van der Waals surface area contributed by atoms with Gasteiger partial charge in [0.05, 0.1) is 17.1 Å². The summed E-state index contributed by atoms with van der Waals surface area (Å²) in [7, 11) is 0. The summed E-state index contributed by atoms with van der Waals surface area (Å²) in [5.41, 5.74) is 1.15. The Hall–Kier alpha value is -1.57. The van der Waals surface area contributed by atoms with Crippen molar-refractivity contribution in [3.05, 3.63) is 40.2 Å². The molecule has 0 radical (unpaired) electrons. The smallest absolute Gasteiger partial charge is 0.147 e. The Balaban J connectivity index is 1.46. The van der Waals surface area contributed by atoms with Gasteiger partial charge < -0.3 is 4.57 Å². The van der Waals surface area contributed by atoms with Crippen molar-refractivity contribution in [3.8, 4) is 9.88 Å². The first-order valence-corrected chi connectivity index (χ1v) is 9.59. The zero-order chi connectivity index (χ0) is 15.8. The summed E-state index contributed by atoms with van der Waals surface area (Å²) in [5, 5.41) is 14.1. The van der Waals surface area contributed by atoms with Gasteiger partial charge >= 0.3 is 0 Å². The third-order valence-electron chi connectivity index (χ3n) is 4.05. The second-order valence-corrected chi connectivity index (χ2v) is 7.92. The molecule has 0 aliphatic carbocycles. The lowest BCUT2D eigenvalue weighted by molar-refractivity contribution is 0.205. The zero-order valence-electron chi connectivity index (χ0n) is 13.3. The third-order valence-corrected chi connectivity index (χ3v) is 5.98. The molecule has 0 spiro atoms. The van der Waals surface area contributed by atoms with Gasteiger partial charge in [0.25, 0.3) is 0 Å². The monoisotopic (exact) mass is 345 g/mol. The van der Waals surface area contributed by atoms with E-state index in [1.165, 1.54) is 4.88 Å². The van der Waals surface area contributed by atoms with E-state index in [-0.39, 0.29) is 0 Å². The van der Waals surface area contributed by atoms with E-state index in [0.29, 0.717) is 5.92 Å². The molecule has 120 valence electrons. The van der Waals surface area contributed by atoms with Gasteiger partial charge in [0.1, 0.15) is 16.7 Å². The number of thiophene rings is 1. The molecule has 4 heterocycles. The highest BCUT2D eigenvalue weighted by atomic mass is 32.1. The summed E-state index contributed by atoms with van der Waals surface area (Å²) in [6.07, 6.45) is 0. The van der Waals surface area contributed by atoms with Crippen molar-refractivity contribution in [1.82, 2.24) is 24.6 Å². The molecule has 0 atom stereocenters. The van der Waals surface area contributed by atoms with Gasteiger partial charge in [0.2, 0.25) is 0 Å². The summed E-state index contributed by atoms with van der Waals surface area (Å²) >= 11 is 3.47. The minimum absolute atomic E-state index is 0.426. The first-order valence-electron chi connectivity index (χ1n) is 7.83. The number of hydrogen-bond acceptors (Lipinski definition) is 6. The number of fused-ring (bicyclic) bond motifs is 1. The van der Waals surface area contributed by atoms with Crippen LogP contribution in [0.5, 0.6) is 0 Å². The molecule has 0 bridgehead atoms. The number of nitrogens with zero attached hydrogens (tertiary/aromatic N) is 5. The van der Waals surface area contributed by atoms with Gasteiger partial charge in [-0.2, -0.15) is 0 Å². The highest BCUT2D eigenvalue weighted by Gasteiger charge is 2.22. The molecule has 0 aromatic carbocycles. The second-order valence-electron chi connectivity index (χ2n) is 6.11. The highest BCUT2D eigenvalue weighted by Crippen LogP contribution is 2.28. The van der Waals surface area contributed by atoms with Crippen LogP contribution < -0.4 is 0 Å². The maximum atomic E-state index is 4.78. The Bertz CT molecular complexity index is 787. The molecule has 5 nitrogen and oxygen atoms in total. The number of thiazole rings is 1. The average molecular weight is 345 g/mol. The largest absolute Gasteiger partial charge is 0.312 e. The maximum absolute atomic E-state index is 4.78. The molecule has 4 rings (SSSR count). The average Bonchev–Trinajstić information content (AvgIpc) is 3.27. The van der Waals surface area contributed by atoms with Crippen LogP contribution in [0.2, 0.25) is 0 Å². The number of aromatic nitrogens is 4. The van der Waals surface area contributed by atoms with Crippen LogP contribution >= 0.6 is 22.7 Å². The van der Waals surface area contributed by atoms with Crippen LogP contribution in [0.15, 0.2) is 22.9 Å². The van der Waals surface area contributed by atoms with Crippen LogP contribution in [0.4, 0.5) is 0 Å². The van der Waals surface area contributed by atoms with Crippen LogP contribution in [0.3, 0.4) is 0 Å². The fraction of sp³-hybridized carbons (Fsp3) is 0.438. The normalized spacial score (nSPS) is 15.3. The lowest BCUT2D eigenvalue weighted by Crippen LogP contribution is -2.34. The quantitative estimate of drug-likeness (QED) is 0.725. The van der Waals surface area contributed by atoms with E-state index in [4.69, 9.17) is 4.98 Å². The summed E-state index contributed by atoms with van der Waals surface area (Å²) in [6, 6.07) is 4.20. The van der Waals surface area contributed by atoms with Crippen molar-refractivity contribution in [3.63, 3.8) is 0 Å². The van der Waals surface area contributed by atoms with Crippen LogP contribution in [0, 0.1) is 0 Å². The molecule has 1 aliphatic heterocycles. The molecular formula is C16H19N5S2. The first-order chi connectivity index (χ1) is 11.2. The van der Waals surface area contributed by atoms with Gasteiger partial charge in [0, 0.05) is 30.9 Å². The Morgan fingerprint density at radius 3 is 2.91 bits per heavy atom. The van der Waals surface area contributed by atoms with E-state index in [2.05, 4.69) is 56.4 Å². The van der Waals surface area contributed by atoms with E-state index in [1.807, 2.05) is 0 Å². The fourth-order valence-electron chi connectivity index (χ4n) is 2.91. The van der Waals surface area contributed by atoms with E-state index >= 15 is 0 Å². The van der Waals surface area contributed by atoms with Crippen LogP contribution in [0.1, 0.15) is 37.1 Å². The fourth-order valence-corrected chi connectivity index (χ4v) is 4.54. The molecule has 0 saturated heterocycles. The molecule has 0 N–H and O–H groups in total. The minimum Gasteiger partial charge on any atom is -0.312 e. The van der Waals surface area contributed by atoms with Crippen molar-refractivity contribution in [2.45, 2.75) is 39.4 Å². The van der Waals surface area contributed by atoms with Crippen molar-refractivity contribution in [2.75, 3.05) is 6.54 Å². The lowest BCUT2D eigenvalue weighted by atomic mass is 10.2. The Labute approximate surface area is 143 Å². The van der Waals surface area contributed by atoms with Crippen LogP contribution in [0.25, 0.3) is 9.88 Å². The SMILES string of the molecule is CC(C)c1nnc2n1CCN(Cc1csc(-c3cccs3)n1)C2. The standard InChI is InChI=1S/C16H19N5S2/c1-11(2)15-19-18-14-9-20(5-6-21(14)15)8-12-10-23-16(17-12)13-4-3-7-22-13/h3-4,7,10-11H,5-6,8-9H2,1-2H3. The molecule has 7 heteroatoms. The maximum Gasteiger partial charge on any atom is 0.147 e. The van der Waals surface area contributed by atoms with Crippen LogP contribution in [-0.2, 0) is 19.6 Å². The Kier molecular flexibility index (Phi) is 4.00.